The highest BCUT2D eigenvalue weighted by Gasteiger charge is 2.37. The molecule has 3 amide bonds. The van der Waals surface area contributed by atoms with Crippen LogP contribution in [0.4, 0.5) is 16.2 Å². The van der Waals surface area contributed by atoms with Crippen molar-refractivity contribution in [1.29, 1.82) is 0 Å². The largest absolute Gasteiger partial charge is 0.322 e. The number of urea groups is 1. The SMILES string of the molecule is CCCCN(CC(=O)N1c2ccccc2-n2cccc2C1c1ccc(Cl)cc1)C(=O)Nc1ccc(Cl)cc1Cl. The summed E-state index contributed by atoms with van der Waals surface area (Å²) in [5, 5.41) is 4.25. The Morgan fingerprint density at radius 2 is 1.62 bits per heavy atom. The summed E-state index contributed by atoms with van der Waals surface area (Å²) < 4.78 is 2.10. The molecule has 4 aromatic rings. The van der Waals surface area contributed by atoms with Gasteiger partial charge in [-0.3, -0.25) is 9.69 Å². The molecule has 1 unspecified atom stereocenters. The lowest BCUT2D eigenvalue weighted by molar-refractivity contribution is -0.119. The summed E-state index contributed by atoms with van der Waals surface area (Å²) in [4.78, 5) is 30.9. The van der Waals surface area contributed by atoms with E-state index in [1.165, 1.54) is 4.90 Å². The molecule has 5 rings (SSSR count). The van der Waals surface area contributed by atoms with Crippen molar-refractivity contribution < 1.29 is 9.59 Å². The summed E-state index contributed by atoms with van der Waals surface area (Å²) in [6, 6.07) is 23.3. The Balaban J connectivity index is 1.50. The fraction of sp³-hybridized carbons (Fsp3) is 0.200. The van der Waals surface area contributed by atoms with Crippen LogP contribution in [0.2, 0.25) is 15.1 Å². The average molecular weight is 582 g/mol. The van der Waals surface area contributed by atoms with Gasteiger partial charge in [0.25, 0.3) is 0 Å². The van der Waals surface area contributed by atoms with Gasteiger partial charge in [-0.1, -0.05) is 72.4 Å². The Kier molecular flexibility index (Phi) is 8.17. The second kappa shape index (κ2) is 11.7. The van der Waals surface area contributed by atoms with E-state index in [4.69, 9.17) is 34.8 Å². The smallest absolute Gasteiger partial charge is 0.316 e. The maximum absolute atomic E-state index is 14.2. The number of rotatable bonds is 7. The molecule has 0 bridgehead atoms. The van der Waals surface area contributed by atoms with Crippen molar-refractivity contribution >= 4 is 58.1 Å². The van der Waals surface area contributed by atoms with E-state index in [-0.39, 0.29) is 12.5 Å². The lowest BCUT2D eigenvalue weighted by Gasteiger charge is -2.39. The van der Waals surface area contributed by atoms with Crippen LogP contribution in [0.1, 0.15) is 37.1 Å². The lowest BCUT2D eigenvalue weighted by atomic mass is 9.97. The number of aromatic nitrogens is 1. The molecule has 1 aliphatic rings. The zero-order chi connectivity index (χ0) is 27.5. The maximum atomic E-state index is 14.2. The predicted molar refractivity (Wildman–Crippen MR) is 159 cm³/mol. The second-order valence-electron chi connectivity index (χ2n) is 9.34. The maximum Gasteiger partial charge on any atom is 0.322 e. The third-order valence-electron chi connectivity index (χ3n) is 6.74. The van der Waals surface area contributed by atoms with Gasteiger partial charge in [-0.05, 0) is 66.6 Å². The molecule has 39 heavy (non-hydrogen) atoms. The van der Waals surface area contributed by atoms with Crippen molar-refractivity contribution in [2.45, 2.75) is 25.8 Å². The van der Waals surface area contributed by atoms with E-state index in [0.717, 1.165) is 35.5 Å². The monoisotopic (exact) mass is 580 g/mol. The molecule has 0 saturated heterocycles. The number of hydrogen-bond acceptors (Lipinski definition) is 2. The van der Waals surface area contributed by atoms with Crippen molar-refractivity contribution in [1.82, 2.24) is 9.47 Å². The van der Waals surface area contributed by atoms with Crippen LogP contribution >= 0.6 is 34.8 Å². The first-order valence-corrected chi connectivity index (χ1v) is 13.9. The van der Waals surface area contributed by atoms with Gasteiger partial charge in [0.05, 0.1) is 27.8 Å². The van der Waals surface area contributed by atoms with Gasteiger partial charge in [-0.15, -0.1) is 0 Å². The van der Waals surface area contributed by atoms with Crippen LogP contribution in [0.25, 0.3) is 5.69 Å². The molecule has 0 saturated carbocycles. The van der Waals surface area contributed by atoms with E-state index >= 15 is 0 Å². The van der Waals surface area contributed by atoms with Crippen LogP contribution in [-0.4, -0.2) is 34.5 Å². The van der Waals surface area contributed by atoms with Gasteiger partial charge in [0.2, 0.25) is 5.91 Å². The summed E-state index contributed by atoms with van der Waals surface area (Å²) in [7, 11) is 0. The third kappa shape index (κ3) is 5.64. The summed E-state index contributed by atoms with van der Waals surface area (Å²) >= 11 is 18.5. The summed E-state index contributed by atoms with van der Waals surface area (Å²) in [6.07, 6.45) is 3.61. The number of halogens is 3. The molecule has 0 aliphatic carbocycles. The summed E-state index contributed by atoms with van der Waals surface area (Å²) in [5.41, 5.74) is 3.96. The van der Waals surface area contributed by atoms with Crippen molar-refractivity contribution in [3.05, 3.63) is 111 Å². The predicted octanol–water partition coefficient (Wildman–Crippen LogP) is 8.21. The molecule has 1 aromatic heterocycles. The van der Waals surface area contributed by atoms with Crippen molar-refractivity contribution in [3.8, 4) is 5.69 Å². The Bertz CT molecular complexity index is 1500. The number of anilines is 2. The highest BCUT2D eigenvalue weighted by molar-refractivity contribution is 6.36. The van der Waals surface area contributed by atoms with Gasteiger partial charge >= 0.3 is 6.03 Å². The minimum absolute atomic E-state index is 0.115. The van der Waals surface area contributed by atoms with E-state index in [2.05, 4.69) is 9.88 Å². The molecule has 1 aliphatic heterocycles. The number of unbranched alkanes of at least 4 members (excludes halogenated alkanes) is 1. The molecule has 1 atom stereocenters. The highest BCUT2D eigenvalue weighted by atomic mass is 35.5. The highest BCUT2D eigenvalue weighted by Crippen LogP contribution is 2.42. The quantitative estimate of drug-likeness (QED) is 0.239. The van der Waals surface area contributed by atoms with E-state index in [9.17, 15) is 9.59 Å². The molecular formula is C30H27Cl3N4O2. The standard InChI is InChI=1S/C30H27Cl3N4O2/c1-2-3-16-35(30(39)34-24-15-14-22(32)18-23(24)33)19-28(38)37-26-8-5-4-7-25(26)36-17-6-9-27(36)29(37)20-10-12-21(31)13-11-20/h4-15,17-18,29H,2-3,16,19H2,1H3,(H,34,39). The molecule has 0 fully saturated rings. The molecule has 3 aromatic carbocycles. The van der Waals surface area contributed by atoms with Crippen molar-refractivity contribution in [3.63, 3.8) is 0 Å². The topological polar surface area (TPSA) is 57.6 Å². The first-order valence-electron chi connectivity index (χ1n) is 12.7. The Labute approximate surface area is 242 Å². The van der Waals surface area contributed by atoms with E-state index in [1.54, 1.807) is 23.1 Å². The first kappa shape index (κ1) is 27.1. The minimum atomic E-state index is -0.405. The molecular weight excluding hydrogens is 555 g/mol. The average Bonchev–Trinajstić information content (AvgIpc) is 3.42. The number of carbonyl (C=O) groups excluding carboxylic acids is 2. The van der Waals surface area contributed by atoms with Gasteiger partial charge in [-0.2, -0.15) is 0 Å². The number of hydrogen-bond donors (Lipinski definition) is 1. The number of benzene rings is 3. The number of amides is 3. The van der Waals surface area contributed by atoms with Crippen molar-refractivity contribution in [2.24, 2.45) is 0 Å². The van der Waals surface area contributed by atoms with Gasteiger partial charge < -0.3 is 14.8 Å². The van der Waals surface area contributed by atoms with Gasteiger partial charge in [0.15, 0.2) is 0 Å². The normalized spacial score (nSPS) is 13.9. The second-order valence-corrected chi connectivity index (χ2v) is 10.6. The Morgan fingerprint density at radius 1 is 0.897 bits per heavy atom. The first-order chi connectivity index (χ1) is 18.9. The fourth-order valence-electron chi connectivity index (χ4n) is 4.85. The van der Waals surface area contributed by atoms with Crippen LogP contribution in [0.15, 0.2) is 85.1 Å². The van der Waals surface area contributed by atoms with E-state index < -0.39 is 12.1 Å². The fourth-order valence-corrected chi connectivity index (χ4v) is 5.43. The van der Waals surface area contributed by atoms with Gasteiger partial charge in [0.1, 0.15) is 12.6 Å². The molecule has 6 nitrogen and oxygen atoms in total. The third-order valence-corrected chi connectivity index (χ3v) is 7.54. The van der Waals surface area contributed by atoms with Crippen molar-refractivity contribution in [2.75, 3.05) is 23.3 Å². The van der Waals surface area contributed by atoms with Crippen LogP contribution in [0, 0.1) is 0 Å². The number of fused-ring (bicyclic) bond motifs is 3. The van der Waals surface area contributed by atoms with Gasteiger partial charge in [-0.25, -0.2) is 4.79 Å². The number of para-hydroxylation sites is 2. The number of nitrogens with zero attached hydrogens (tertiary/aromatic N) is 3. The van der Waals surface area contributed by atoms with Crippen LogP contribution < -0.4 is 10.2 Å². The van der Waals surface area contributed by atoms with Gasteiger partial charge in [0, 0.05) is 22.8 Å². The lowest BCUT2D eigenvalue weighted by Crippen LogP contribution is -2.48. The Hall–Kier alpha value is -3.45. The van der Waals surface area contributed by atoms with Crippen LogP contribution in [-0.2, 0) is 4.79 Å². The minimum Gasteiger partial charge on any atom is -0.316 e. The number of nitrogens with one attached hydrogen (secondary N) is 1. The summed E-state index contributed by atoms with van der Waals surface area (Å²) in [5.74, 6) is -0.205. The number of carbonyl (C=O) groups is 2. The van der Waals surface area contributed by atoms with Crippen LogP contribution in [0.3, 0.4) is 0 Å². The van der Waals surface area contributed by atoms with E-state index in [1.807, 2.05) is 73.8 Å². The van der Waals surface area contributed by atoms with Crippen LogP contribution in [0.5, 0.6) is 0 Å². The molecule has 9 heteroatoms. The Morgan fingerprint density at radius 3 is 2.33 bits per heavy atom. The molecule has 200 valence electrons. The zero-order valence-electron chi connectivity index (χ0n) is 21.3. The zero-order valence-corrected chi connectivity index (χ0v) is 23.5. The van der Waals surface area contributed by atoms with E-state index in [0.29, 0.717) is 27.3 Å². The molecule has 0 spiro atoms. The summed E-state index contributed by atoms with van der Waals surface area (Å²) in [6.45, 7) is 2.34. The molecule has 1 N–H and O–H groups in total. The molecule has 2 heterocycles. The molecule has 0 radical (unpaired) electrons.